The molecule has 1 aliphatic heterocycles. The number of aryl methyl sites for hydroxylation is 1. The van der Waals surface area contributed by atoms with Crippen LogP contribution in [-0.4, -0.2) is 36.8 Å². The van der Waals surface area contributed by atoms with E-state index in [-0.39, 0.29) is 19.1 Å². The summed E-state index contributed by atoms with van der Waals surface area (Å²) in [5, 5.41) is 2.85. The minimum Gasteiger partial charge on any atom is -0.454 e. The maximum Gasteiger partial charge on any atom is 0.231 e. The number of nitrogens with zero attached hydrogens (tertiary/aromatic N) is 3. The maximum absolute atomic E-state index is 12.1. The van der Waals surface area contributed by atoms with Crippen molar-refractivity contribution in [1.82, 2.24) is 15.3 Å². The van der Waals surface area contributed by atoms with Crippen LogP contribution < -0.4 is 19.7 Å². The van der Waals surface area contributed by atoms with Crippen molar-refractivity contribution >= 4 is 11.7 Å². The SMILES string of the molecule is Cc1cc(N(C)C)nc(CNC(=O)Cc2ccc3c(c2)OCO3)n1. The van der Waals surface area contributed by atoms with Gasteiger partial charge in [0.1, 0.15) is 11.6 Å². The number of ether oxygens (including phenoxy) is 2. The van der Waals surface area contributed by atoms with E-state index in [9.17, 15) is 4.79 Å². The highest BCUT2D eigenvalue weighted by Gasteiger charge is 2.14. The Morgan fingerprint density at radius 1 is 1.21 bits per heavy atom. The third-order valence-corrected chi connectivity index (χ3v) is 3.59. The first-order valence-electron chi connectivity index (χ1n) is 7.68. The van der Waals surface area contributed by atoms with Gasteiger partial charge in [0.25, 0.3) is 0 Å². The van der Waals surface area contributed by atoms with Gasteiger partial charge in [-0.25, -0.2) is 9.97 Å². The van der Waals surface area contributed by atoms with Gasteiger partial charge in [-0.2, -0.15) is 0 Å². The summed E-state index contributed by atoms with van der Waals surface area (Å²) in [7, 11) is 3.84. The lowest BCUT2D eigenvalue weighted by molar-refractivity contribution is -0.120. The Kier molecular flexibility index (Phi) is 4.50. The highest BCUT2D eigenvalue weighted by Crippen LogP contribution is 2.32. The highest BCUT2D eigenvalue weighted by molar-refractivity contribution is 5.78. The van der Waals surface area contributed by atoms with Crippen LogP contribution in [0.4, 0.5) is 5.82 Å². The van der Waals surface area contributed by atoms with Crippen LogP contribution in [0.15, 0.2) is 24.3 Å². The predicted octanol–water partition coefficient (Wildman–Crippen LogP) is 1.44. The summed E-state index contributed by atoms with van der Waals surface area (Å²) >= 11 is 0. The molecule has 0 unspecified atom stereocenters. The van der Waals surface area contributed by atoms with E-state index >= 15 is 0 Å². The Labute approximate surface area is 140 Å². The van der Waals surface area contributed by atoms with E-state index in [1.165, 1.54) is 0 Å². The standard InChI is InChI=1S/C17H20N4O3/c1-11-6-16(21(2)3)20-15(19-11)9-18-17(22)8-12-4-5-13-14(7-12)24-10-23-13/h4-7H,8-10H2,1-3H3,(H,18,22). The number of nitrogens with one attached hydrogen (secondary N) is 1. The normalized spacial score (nSPS) is 12.1. The van der Waals surface area contributed by atoms with Gasteiger partial charge in [-0.05, 0) is 24.6 Å². The Hall–Kier alpha value is -2.83. The summed E-state index contributed by atoms with van der Waals surface area (Å²) in [5.41, 5.74) is 1.74. The predicted molar refractivity (Wildman–Crippen MR) is 89.2 cm³/mol. The van der Waals surface area contributed by atoms with Crippen molar-refractivity contribution in [1.29, 1.82) is 0 Å². The fourth-order valence-corrected chi connectivity index (χ4v) is 2.40. The van der Waals surface area contributed by atoms with E-state index in [4.69, 9.17) is 9.47 Å². The monoisotopic (exact) mass is 328 g/mol. The Morgan fingerprint density at radius 2 is 2.00 bits per heavy atom. The minimum atomic E-state index is -0.0922. The number of aromatic nitrogens is 2. The number of fused-ring (bicyclic) bond motifs is 1. The summed E-state index contributed by atoms with van der Waals surface area (Å²) < 4.78 is 10.6. The molecule has 7 nitrogen and oxygen atoms in total. The zero-order valence-electron chi connectivity index (χ0n) is 14.0. The van der Waals surface area contributed by atoms with Gasteiger partial charge in [-0.1, -0.05) is 6.07 Å². The molecule has 0 aliphatic carbocycles. The van der Waals surface area contributed by atoms with Gasteiger partial charge in [0.2, 0.25) is 12.7 Å². The molecule has 24 heavy (non-hydrogen) atoms. The molecule has 1 aromatic carbocycles. The van der Waals surface area contributed by atoms with Crippen LogP contribution in [0.5, 0.6) is 11.5 Å². The molecule has 0 saturated heterocycles. The second kappa shape index (κ2) is 6.74. The first-order valence-corrected chi connectivity index (χ1v) is 7.68. The second-order valence-corrected chi connectivity index (χ2v) is 5.82. The number of anilines is 1. The highest BCUT2D eigenvalue weighted by atomic mass is 16.7. The lowest BCUT2D eigenvalue weighted by atomic mass is 10.1. The van der Waals surface area contributed by atoms with E-state index in [0.29, 0.717) is 23.9 Å². The van der Waals surface area contributed by atoms with E-state index in [1.54, 1.807) is 0 Å². The Morgan fingerprint density at radius 3 is 2.79 bits per heavy atom. The van der Waals surface area contributed by atoms with Crippen molar-refractivity contribution in [3.05, 3.63) is 41.3 Å². The Balaban J connectivity index is 1.60. The maximum atomic E-state index is 12.1. The fraction of sp³-hybridized carbons (Fsp3) is 0.353. The molecule has 1 N–H and O–H groups in total. The van der Waals surface area contributed by atoms with Gasteiger partial charge < -0.3 is 19.7 Å². The number of hydrogen-bond donors (Lipinski definition) is 1. The number of hydrogen-bond acceptors (Lipinski definition) is 6. The van der Waals surface area contributed by atoms with Crippen molar-refractivity contribution in [3.63, 3.8) is 0 Å². The topological polar surface area (TPSA) is 76.6 Å². The summed E-state index contributed by atoms with van der Waals surface area (Å²) in [6, 6.07) is 7.41. The quantitative estimate of drug-likeness (QED) is 0.895. The van der Waals surface area contributed by atoms with Gasteiger partial charge in [0, 0.05) is 25.9 Å². The molecule has 0 radical (unpaired) electrons. The van der Waals surface area contributed by atoms with Gasteiger partial charge in [-0.3, -0.25) is 4.79 Å². The van der Waals surface area contributed by atoms with Crippen LogP contribution in [0, 0.1) is 6.92 Å². The molecule has 1 aliphatic rings. The van der Waals surface area contributed by atoms with Gasteiger partial charge in [-0.15, -0.1) is 0 Å². The number of amides is 1. The fourth-order valence-electron chi connectivity index (χ4n) is 2.40. The first-order chi connectivity index (χ1) is 11.5. The molecule has 2 heterocycles. The third kappa shape index (κ3) is 3.73. The van der Waals surface area contributed by atoms with Crippen molar-refractivity contribution in [2.45, 2.75) is 19.9 Å². The molecule has 2 aromatic rings. The van der Waals surface area contributed by atoms with E-state index in [0.717, 1.165) is 17.1 Å². The minimum absolute atomic E-state index is 0.0922. The molecule has 0 saturated carbocycles. The second-order valence-electron chi connectivity index (χ2n) is 5.82. The zero-order valence-corrected chi connectivity index (χ0v) is 14.0. The number of carbonyl (C=O) groups excluding carboxylic acids is 1. The van der Waals surface area contributed by atoms with Crippen molar-refractivity contribution in [2.75, 3.05) is 25.8 Å². The van der Waals surface area contributed by atoms with Crippen LogP contribution in [0.2, 0.25) is 0 Å². The van der Waals surface area contributed by atoms with Crippen LogP contribution >= 0.6 is 0 Å². The molecular formula is C17H20N4O3. The molecular weight excluding hydrogens is 308 g/mol. The van der Waals surface area contributed by atoms with Crippen LogP contribution in [-0.2, 0) is 17.8 Å². The average molecular weight is 328 g/mol. The van der Waals surface area contributed by atoms with Crippen molar-refractivity contribution in [2.24, 2.45) is 0 Å². The average Bonchev–Trinajstić information content (AvgIpc) is 3.00. The summed E-state index contributed by atoms with van der Waals surface area (Å²) in [4.78, 5) is 22.8. The lowest BCUT2D eigenvalue weighted by Crippen LogP contribution is -2.26. The van der Waals surface area contributed by atoms with E-state index in [2.05, 4.69) is 15.3 Å². The molecule has 1 amide bonds. The zero-order chi connectivity index (χ0) is 17.1. The number of benzene rings is 1. The molecule has 7 heteroatoms. The third-order valence-electron chi connectivity index (χ3n) is 3.59. The molecule has 126 valence electrons. The van der Waals surface area contributed by atoms with E-state index in [1.807, 2.05) is 50.2 Å². The molecule has 1 aromatic heterocycles. The summed E-state index contributed by atoms with van der Waals surface area (Å²) in [6.45, 7) is 2.43. The molecule has 0 bridgehead atoms. The Bertz CT molecular complexity index is 761. The smallest absolute Gasteiger partial charge is 0.231 e. The van der Waals surface area contributed by atoms with Crippen LogP contribution in [0.25, 0.3) is 0 Å². The van der Waals surface area contributed by atoms with Crippen molar-refractivity contribution < 1.29 is 14.3 Å². The molecule has 0 fully saturated rings. The van der Waals surface area contributed by atoms with E-state index < -0.39 is 0 Å². The van der Waals surface area contributed by atoms with Crippen molar-refractivity contribution in [3.8, 4) is 11.5 Å². The largest absolute Gasteiger partial charge is 0.454 e. The van der Waals surface area contributed by atoms with Crippen LogP contribution in [0.1, 0.15) is 17.1 Å². The molecule has 3 rings (SSSR count). The molecule has 0 atom stereocenters. The van der Waals surface area contributed by atoms with Gasteiger partial charge in [0.15, 0.2) is 11.5 Å². The first kappa shape index (κ1) is 16.0. The number of carbonyl (C=O) groups is 1. The van der Waals surface area contributed by atoms with Gasteiger partial charge >= 0.3 is 0 Å². The lowest BCUT2D eigenvalue weighted by Gasteiger charge is -2.13. The summed E-state index contributed by atoms with van der Waals surface area (Å²) in [6.07, 6.45) is 0.267. The van der Waals surface area contributed by atoms with Gasteiger partial charge in [0.05, 0.1) is 13.0 Å². The molecule has 0 spiro atoms. The summed E-state index contributed by atoms with van der Waals surface area (Å²) in [5.74, 6) is 2.71. The van der Waals surface area contributed by atoms with Crippen LogP contribution in [0.3, 0.4) is 0 Å². The number of rotatable bonds is 5.